The van der Waals surface area contributed by atoms with Crippen LogP contribution in [0.1, 0.15) is 27.2 Å². The van der Waals surface area contributed by atoms with Crippen molar-refractivity contribution in [3.63, 3.8) is 0 Å². The van der Waals surface area contributed by atoms with Gasteiger partial charge in [-0.05, 0) is 24.8 Å². The summed E-state index contributed by atoms with van der Waals surface area (Å²) >= 11 is 0. The van der Waals surface area contributed by atoms with E-state index in [4.69, 9.17) is 10.2 Å². The predicted molar refractivity (Wildman–Crippen MR) is 47.4 cm³/mol. The van der Waals surface area contributed by atoms with Gasteiger partial charge < -0.3 is 10.2 Å². The summed E-state index contributed by atoms with van der Waals surface area (Å²) < 4.78 is 0. The highest BCUT2D eigenvalue weighted by Crippen LogP contribution is 2.18. The standard InChI is InChI=1S/C9H14O4/c1-4-5(2)6(3)7(8(10)11)9(12)13/h5H,4H2,1-3H3,(H,10,11)(H,12,13). The van der Waals surface area contributed by atoms with Gasteiger partial charge in [0.05, 0.1) is 0 Å². The Hall–Kier alpha value is -1.32. The molecular formula is C9H14O4. The number of carboxylic acids is 2. The Bertz CT molecular complexity index is 236. The molecule has 13 heavy (non-hydrogen) atoms. The maximum absolute atomic E-state index is 10.6. The fourth-order valence-corrected chi connectivity index (χ4v) is 0.981. The second-order valence-corrected chi connectivity index (χ2v) is 2.98. The summed E-state index contributed by atoms with van der Waals surface area (Å²) in [5.41, 5.74) is -0.0862. The van der Waals surface area contributed by atoms with Gasteiger partial charge >= 0.3 is 11.9 Å². The van der Waals surface area contributed by atoms with Gasteiger partial charge in [0.15, 0.2) is 0 Å². The molecule has 0 aliphatic carbocycles. The lowest BCUT2D eigenvalue weighted by Gasteiger charge is -2.10. The molecule has 0 bridgehead atoms. The van der Waals surface area contributed by atoms with Crippen LogP contribution in [0, 0.1) is 5.92 Å². The molecule has 0 heterocycles. The number of allylic oxidation sites excluding steroid dienone is 1. The number of carbonyl (C=O) groups is 2. The molecule has 0 aromatic rings. The molecule has 1 atom stereocenters. The Labute approximate surface area is 76.9 Å². The summed E-state index contributed by atoms with van der Waals surface area (Å²) in [7, 11) is 0. The van der Waals surface area contributed by atoms with Crippen molar-refractivity contribution in [3.05, 3.63) is 11.1 Å². The molecule has 0 aromatic carbocycles. The van der Waals surface area contributed by atoms with Crippen LogP contribution in [0.4, 0.5) is 0 Å². The van der Waals surface area contributed by atoms with Crippen molar-refractivity contribution in [3.8, 4) is 0 Å². The fourth-order valence-electron chi connectivity index (χ4n) is 0.981. The van der Waals surface area contributed by atoms with Crippen LogP contribution in [-0.4, -0.2) is 22.2 Å². The van der Waals surface area contributed by atoms with E-state index in [1.807, 2.05) is 6.92 Å². The number of hydrogen-bond donors (Lipinski definition) is 2. The molecule has 0 aliphatic heterocycles. The first kappa shape index (κ1) is 11.7. The van der Waals surface area contributed by atoms with Crippen LogP contribution < -0.4 is 0 Å². The van der Waals surface area contributed by atoms with E-state index in [-0.39, 0.29) is 5.92 Å². The highest BCUT2D eigenvalue weighted by atomic mass is 16.4. The monoisotopic (exact) mass is 186 g/mol. The van der Waals surface area contributed by atoms with E-state index >= 15 is 0 Å². The van der Waals surface area contributed by atoms with Crippen LogP contribution >= 0.6 is 0 Å². The second-order valence-electron chi connectivity index (χ2n) is 2.98. The normalized spacial score (nSPS) is 11.9. The molecule has 0 amide bonds. The Morgan fingerprint density at radius 2 is 1.62 bits per heavy atom. The van der Waals surface area contributed by atoms with Gasteiger partial charge in [-0.25, -0.2) is 9.59 Å². The van der Waals surface area contributed by atoms with Crippen molar-refractivity contribution in [2.24, 2.45) is 5.92 Å². The van der Waals surface area contributed by atoms with Gasteiger partial charge in [-0.2, -0.15) is 0 Å². The van der Waals surface area contributed by atoms with Gasteiger partial charge in [-0.3, -0.25) is 0 Å². The van der Waals surface area contributed by atoms with Crippen molar-refractivity contribution in [1.29, 1.82) is 0 Å². The van der Waals surface area contributed by atoms with Crippen LogP contribution in [-0.2, 0) is 9.59 Å². The topological polar surface area (TPSA) is 74.6 Å². The molecule has 0 saturated heterocycles. The van der Waals surface area contributed by atoms with Crippen LogP contribution in [0.2, 0.25) is 0 Å². The minimum Gasteiger partial charge on any atom is -0.477 e. The fraction of sp³-hybridized carbons (Fsp3) is 0.556. The van der Waals surface area contributed by atoms with Gasteiger partial charge in [0.25, 0.3) is 0 Å². The summed E-state index contributed by atoms with van der Waals surface area (Å²) in [4.78, 5) is 21.1. The van der Waals surface area contributed by atoms with Crippen molar-refractivity contribution < 1.29 is 19.8 Å². The van der Waals surface area contributed by atoms with Crippen molar-refractivity contribution in [2.45, 2.75) is 27.2 Å². The number of carboxylic acid groups (broad SMARTS) is 2. The number of hydrogen-bond acceptors (Lipinski definition) is 2. The van der Waals surface area contributed by atoms with Gasteiger partial charge in [0.1, 0.15) is 5.57 Å². The number of aliphatic carboxylic acids is 2. The smallest absolute Gasteiger partial charge is 0.343 e. The van der Waals surface area contributed by atoms with E-state index in [0.29, 0.717) is 5.57 Å². The Balaban J connectivity index is 5.09. The van der Waals surface area contributed by atoms with E-state index in [1.54, 1.807) is 13.8 Å². The predicted octanol–water partition coefficient (Wildman–Crippen LogP) is 1.52. The molecule has 0 fully saturated rings. The van der Waals surface area contributed by atoms with E-state index in [1.165, 1.54) is 0 Å². The third-order valence-electron chi connectivity index (χ3n) is 2.17. The van der Waals surface area contributed by atoms with Crippen molar-refractivity contribution in [2.75, 3.05) is 0 Å². The second kappa shape index (κ2) is 4.64. The molecule has 0 radical (unpaired) electrons. The largest absolute Gasteiger partial charge is 0.477 e. The first-order valence-electron chi connectivity index (χ1n) is 4.09. The van der Waals surface area contributed by atoms with Crippen LogP contribution in [0.3, 0.4) is 0 Å². The molecule has 0 rings (SSSR count). The summed E-state index contributed by atoms with van der Waals surface area (Å²) in [6, 6.07) is 0. The van der Waals surface area contributed by atoms with Gasteiger partial charge in [0, 0.05) is 0 Å². The molecular weight excluding hydrogens is 172 g/mol. The summed E-state index contributed by atoms with van der Waals surface area (Å²) in [6.45, 7) is 5.24. The zero-order valence-electron chi connectivity index (χ0n) is 8.00. The highest BCUT2D eigenvalue weighted by molar-refractivity contribution is 6.13. The maximum atomic E-state index is 10.6. The molecule has 74 valence electrons. The van der Waals surface area contributed by atoms with E-state index in [9.17, 15) is 9.59 Å². The van der Waals surface area contributed by atoms with Crippen LogP contribution in [0.5, 0.6) is 0 Å². The van der Waals surface area contributed by atoms with Gasteiger partial charge in [0.2, 0.25) is 0 Å². The molecule has 0 spiro atoms. The SMILES string of the molecule is CCC(C)C(C)=C(C(=O)O)C(=O)O. The average molecular weight is 186 g/mol. The lowest BCUT2D eigenvalue weighted by atomic mass is 9.95. The zero-order valence-corrected chi connectivity index (χ0v) is 8.00. The molecule has 2 N–H and O–H groups in total. The molecule has 4 heteroatoms. The van der Waals surface area contributed by atoms with Crippen molar-refractivity contribution >= 4 is 11.9 Å². The summed E-state index contributed by atoms with van der Waals surface area (Å²) in [5.74, 6) is -2.75. The third-order valence-corrected chi connectivity index (χ3v) is 2.17. The van der Waals surface area contributed by atoms with Gasteiger partial charge in [-0.1, -0.05) is 13.8 Å². The Kier molecular flexibility index (Phi) is 4.17. The summed E-state index contributed by atoms with van der Waals surface area (Å²) in [6.07, 6.45) is 0.732. The van der Waals surface area contributed by atoms with E-state index in [0.717, 1.165) is 6.42 Å². The minimum atomic E-state index is -1.37. The Morgan fingerprint density at radius 3 is 1.85 bits per heavy atom. The lowest BCUT2D eigenvalue weighted by molar-refractivity contribution is -0.140. The molecule has 0 aliphatic rings. The van der Waals surface area contributed by atoms with Crippen LogP contribution in [0.15, 0.2) is 11.1 Å². The van der Waals surface area contributed by atoms with E-state index < -0.39 is 17.5 Å². The lowest BCUT2D eigenvalue weighted by Crippen LogP contribution is -2.16. The third kappa shape index (κ3) is 2.89. The first-order valence-corrected chi connectivity index (χ1v) is 4.09. The highest BCUT2D eigenvalue weighted by Gasteiger charge is 2.21. The van der Waals surface area contributed by atoms with E-state index in [2.05, 4.69) is 0 Å². The zero-order chi connectivity index (χ0) is 10.6. The Morgan fingerprint density at radius 1 is 1.23 bits per heavy atom. The molecule has 0 saturated carbocycles. The number of rotatable bonds is 4. The first-order chi connectivity index (χ1) is 5.91. The average Bonchev–Trinajstić information content (AvgIpc) is 2.01. The quantitative estimate of drug-likeness (QED) is 0.396. The molecule has 1 unspecified atom stereocenters. The minimum absolute atomic E-state index is 0.0119. The van der Waals surface area contributed by atoms with Crippen molar-refractivity contribution in [1.82, 2.24) is 0 Å². The van der Waals surface area contributed by atoms with Crippen LogP contribution in [0.25, 0.3) is 0 Å². The summed E-state index contributed by atoms with van der Waals surface area (Å²) in [5, 5.41) is 17.2. The van der Waals surface area contributed by atoms with Gasteiger partial charge in [-0.15, -0.1) is 0 Å². The molecule has 4 nitrogen and oxygen atoms in total. The maximum Gasteiger partial charge on any atom is 0.343 e. The molecule has 0 aromatic heterocycles.